The first-order chi connectivity index (χ1) is 7.90. The average molecular weight is 221 g/mol. The van der Waals surface area contributed by atoms with Crippen LogP contribution in [0.25, 0.3) is 0 Å². The van der Waals surface area contributed by atoms with E-state index < -0.39 is 0 Å². The Bertz CT molecular complexity index is 221. The second-order valence-corrected chi connectivity index (χ2v) is 5.68. The Morgan fingerprint density at radius 1 is 1.12 bits per heavy atom. The van der Waals surface area contributed by atoms with Gasteiger partial charge in [0.15, 0.2) is 0 Å². The van der Waals surface area contributed by atoms with E-state index in [0.29, 0.717) is 0 Å². The van der Waals surface area contributed by atoms with Crippen LogP contribution in [0.3, 0.4) is 0 Å². The van der Waals surface area contributed by atoms with Crippen LogP contribution in [0, 0.1) is 17.8 Å². The lowest BCUT2D eigenvalue weighted by molar-refractivity contribution is 0.336. The molecule has 3 unspecified atom stereocenters. The van der Waals surface area contributed by atoms with Crippen molar-refractivity contribution in [2.45, 2.75) is 51.9 Å². The zero-order chi connectivity index (χ0) is 11.2. The lowest BCUT2D eigenvalue weighted by Crippen LogP contribution is -2.15. The molecule has 0 amide bonds. The van der Waals surface area contributed by atoms with E-state index in [1.165, 1.54) is 45.1 Å². The molecule has 92 valence electrons. The molecule has 1 heteroatoms. The van der Waals surface area contributed by atoms with Gasteiger partial charge in [-0.25, -0.2) is 0 Å². The zero-order valence-corrected chi connectivity index (χ0v) is 10.8. The number of nitrogens with one attached hydrogen (secondary N) is 1. The molecule has 3 atom stereocenters. The van der Waals surface area contributed by atoms with Crippen molar-refractivity contribution in [1.82, 2.24) is 5.32 Å². The highest BCUT2D eigenvalue weighted by molar-refractivity contribution is 4.94. The summed E-state index contributed by atoms with van der Waals surface area (Å²) in [4.78, 5) is 0. The molecule has 2 aliphatic rings. The molecular formula is C15H27N. The van der Waals surface area contributed by atoms with Gasteiger partial charge in [0.1, 0.15) is 0 Å². The molecule has 2 rings (SSSR count). The van der Waals surface area contributed by atoms with Gasteiger partial charge in [0.05, 0.1) is 0 Å². The van der Waals surface area contributed by atoms with Gasteiger partial charge in [-0.1, -0.05) is 25.5 Å². The van der Waals surface area contributed by atoms with E-state index in [1.54, 1.807) is 6.42 Å². The highest BCUT2D eigenvalue weighted by Crippen LogP contribution is 2.49. The summed E-state index contributed by atoms with van der Waals surface area (Å²) in [5.41, 5.74) is 0. The summed E-state index contributed by atoms with van der Waals surface area (Å²) in [6, 6.07) is 0. The van der Waals surface area contributed by atoms with E-state index in [2.05, 4.69) is 24.4 Å². The van der Waals surface area contributed by atoms with Gasteiger partial charge in [-0.15, -0.1) is 0 Å². The molecule has 2 bridgehead atoms. The van der Waals surface area contributed by atoms with Crippen molar-refractivity contribution in [3.8, 4) is 0 Å². The van der Waals surface area contributed by atoms with Gasteiger partial charge in [0, 0.05) is 0 Å². The summed E-state index contributed by atoms with van der Waals surface area (Å²) >= 11 is 0. The lowest BCUT2D eigenvalue weighted by atomic mass is 9.86. The van der Waals surface area contributed by atoms with Crippen LogP contribution in [0.1, 0.15) is 51.9 Å². The second kappa shape index (κ2) is 6.44. The summed E-state index contributed by atoms with van der Waals surface area (Å²) in [6.45, 7) is 4.54. The Morgan fingerprint density at radius 3 is 2.75 bits per heavy atom. The number of hydrogen-bond acceptors (Lipinski definition) is 1. The molecule has 0 aromatic carbocycles. The van der Waals surface area contributed by atoms with Crippen molar-refractivity contribution < 1.29 is 0 Å². The smallest absolute Gasteiger partial charge is 0.00143 e. The van der Waals surface area contributed by atoms with Crippen LogP contribution in [0.15, 0.2) is 12.2 Å². The topological polar surface area (TPSA) is 12.0 Å². The normalized spacial score (nSPS) is 32.9. The number of fused-ring (bicyclic) bond motifs is 2. The van der Waals surface area contributed by atoms with Crippen molar-refractivity contribution in [3.63, 3.8) is 0 Å². The minimum Gasteiger partial charge on any atom is -0.316 e. The molecule has 16 heavy (non-hydrogen) atoms. The molecular weight excluding hydrogens is 194 g/mol. The van der Waals surface area contributed by atoms with Crippen LogP contribution in [-0.2, 0) is 0 Å². The third-order valence-corrected chi connectivity index (χ3v) is 4.40. The predicted molar refractivity (Wildman–Crippen MR) is 70.5 cm³/mol. The van der Waals surface area contributed by atoms with Crippen LogP contribution >= 0.6 is 0 Å². The fourth-order valence-corrected chi connectivity index (χ4v) is 3.54. The third kappa shape index (κ3) is 3.35. The van der Waals surface area contributed by atoms with E-state index in [-0.39, 0.29) is 0 Å². The Hall–Kier alpha value is -0.300. The Balaban J connectivity index is 1.52. The molecule has 0 spiro atoms. The van der Waals surface area contributed by atoms with Gasteiger partial charge in [-0.05, 0) is 69.4 Å². The van der Waals surface area contributed by atoms with Gasteiger partial charge in [-0.3, -0.25) is 0 Å². The van der Waals surface area contributed by atoms with Crippen LogP contribution in [0.4, 0.5) is 0 Å². The second-order valence-electron chi connectivity index (χ2n) is 5.68. The Kier molecular flexibility index (Phi) is 4.90. The highest BCUT2D eigenvalue weighted by atomic mass is 14.8. The monoisotopic (exact) mass is 221 g/mol. The van der Waals surface area contributed by atoms with Crippen molar-refractivity contribution in [1.29, 1.82) is 0 Å². The molecule has 0 aliphatic heterocycles. The summed E-state index contributed by atoms with van der Waals surface area (Å²) < 4.78 is 0. The van der Waals surface area contributed by atoms with E-state index in [0.717, 1.165) is 24.3 Å². The maximum atomic E-state index is 3.44. The van der Waals surface area contributed by atoms with Crippen molar-refractivity contribution in [2.75, 3.05) is 13.1 Å². The van der Waals surface area contributed by atoms with Crippen molar-refractivity contribution >= 4 is 0 Å². The van der Waals surface area contributed by atoms with E-state index in [1.807, 2.05) is 0 Å². The summed E-state index contributed by atoms with van der Waals surface area (Å²) in [5.74, 6) is 3.24. The van der Waals surface area contributed by atoms with Crippen molar-refractivity contribution in [2.24, 2.45) is 17.8 Å². The van der Waals surface area contributed by atoms with Gasteiger partial charge in [-0.2, -0.15) is 0 Å². The predicted octanol–water partition coefficient (Wildman–Crippen LogP) is 3.76. The Labute approximate surface area is 101 Å². The van der Waals surface area contributed by atoms with Gasteiger partial charge < -0.3 is 5.32 Å². The van der Waals surface area contributed by atoms with Gasteiger partial charge in [0.25, 0.3) is 0 Å². The van der Waals surface area contributed by atoms with Crippen LogP contribution in [0.5, 0.6) is 0 Å². The minimum absolute atomic E-state index is 1.04. The van der Waals surface area contributed by atoms with Crippen LogP contribution in [-0.4, -0.2) is 13.1 Å². The largest absolute Gasteiger partial charge is 0.316 e. The molecule has 0 heterocycles. The number of rotatable bonds is 7. The van der Waals surface area contributed by atoms with Gasteiger partial charge >= 0.3 is 0 Å². The molecule has 0 radical (unpaired) electrons. The fourth-order valence-electron chi connectivity index (χ4n) is 3.54. The molecule has 2 fully saturated rings. The van der Waals surface area contributed by atoms with E-state index >= 15 is 0 Å². The van der Waals surface area contributed by atoms with Crippen LogP contribution in [0.2, 0.25) is 0 Å². The summed E-state index contributed by atoms with van der Waals surface area (Å²) in [6.07, 6.45) is 14.8. The molecule has 0 aromatic heterocycles. The summed E-state index contributed by atoms with van der Waals surface area (Å²) in [5, 5.41) is 3.44. The molecule has 0 saturated heterocycles. The maximum Gasteiger partial charge on any atom is -0.00143 e. The molecule has 0 aromatic rings. The average Bonchev–Trinajstić information content (AvgIpc) is 2.90. The fraction of sp³-hybridized carbons (Fsp3) is 0.867. The molecule has 1 nitrogen and oxygen atoms in total. The van der Waals surface area contributed by atoms with Gasteiger partial charge in [0.2, 0.25) is 0 Å². The quantitative estimate of drug-likeness (QED) is 0.510. The highest BCUT2D eigenvalue weighted by Gasteiger charge is 2.38. The maximum absolute atomic E-state index is 3.44. The summed E-state index contributed by atoms with van der Waals surface area (Å²) in [7, 11) is 0. The Morgan fingerprint density at radius 2 is 2.06 bits per heavy atom. The third-order valence-electron chi connectivity index (χ3n) is 4.40. The van der Waals surface area contributed by atoms with Crippen molar-refractivity contribution in [3.05, 3.63) is 12.2 Å². The van der Waals surface area contributed by atoms with E-state index in [4.69, 9.17) is 0 Å². The van der Waals surface area contributed by atoms with Crippen LogP contribution < -0.4 is 5.32 Å². The molecule has 2 saturated carbocycles. The first kappa shape index (κ1) is 12.2. The first-order valence-corrected chi connectivity index (χ1v) is 7.26. The molecule has 2 aliphatic carbocycles. The zero-order valence-electron chi connectivity index (χ0n) is 10.8. The standard InChI is InChI=1S/C15H27N/c1-2-9-16-10-5-3-4-6-14-11-13-7-8-15(14)12-13/h3-4,13-16H,2,5-12H2,1H3. The molecule has 1 N–H and O–H groups in total. The number of allylic oxidation sites excluding steroid dienone is 1. The first-order valence-electron chi connectivity index (χ1n) is 7.26. The van der Waals surface area contributed by atoms with E-state index in [9.17, 15) is 0 Å². The SMILES string of the molecule is CCCNCCC=CCC1CC2CCC1C2. The number of hydrogen-bond donors (Lipinski definition) is 1. The minimum atomic E-state index is 1.04. The lowest BCUT2D eigenvalue weighted by Gasteiger charge is -2.19.